The number of morpholine rings is 1. The molecule has 0 amide bonds. The second kappa shape index (κ2) is 8.74. The first kappa shape index (κ1) is 17.6. The van der Waals surface area contributed by atoms with Crippen molar-refractivity contribution < 1.29 is 9.84 Å². The monoisotopic (exact) mass is 341 g/mol. The van der Waals surface area contributed by atoms with Crippen LogP contribution in [-0.4, -0.2) is 51.6 Å². The van der Waals surface area contributed by atoms with E-state index in [-0.39, 0.29) is 6.61 Å². The van der Waals surface area contributed by atoms with Gasteiger partial charge in [-0.05, 0) is 42.0 Å². The summed E-state index contributed by atoms with van der Waals surface area (Å²) in [6, 6.07) is 17.0. The standard InChI is InChI=1S/C20H27N3O2/c1-22(10-13-24)19-8-4-18(5-9-19)21-16-17-2-6-20(7-3-17)23-11-14-25-15-12-23/h2-9,21,24H,10-16H2,1H3. The molecule has 134 valence electrons. The van der Waals surface area contributed by atoms with Crippen molar-refractivity contribution in [3.8, 4) is 0 Å². The second-order valence-electron chi connectivity index (χ2n) is 6.31. The van der Waals surface area contributed by atoms with Gasteiger partial charge in [0.15, 0.2) is 0 Å². The largest absolute Gasteiger partial charge is 0.395 e. The summed E-state index contributed by atoms with van der Waals surface area (Å²) in [7, 11) is 1.98. The van der Waals surface area contributed by atoms with Gasteiger partial charge in [-0.25, -0.2) is 0 Å². The molecule has 0 saturated carbocycles. The molecule has 0 radical (unpaired) electrons. The summed E-state index contributed by atoms with van der Waals surface area (Å²) in [6.45, 7) is 5.16. The molecule has 5 heteroatoms. The molecule has 1 fully saturated rings. The molecule has 1 saturated heterocycles. The molecule has 0 atom stereocenters. The van der Waals surface area contributed by atoms with Crippen molar-refractivity contribution in [2.24, 2.45) is 0 Å². The van der Waals surface area contributed by atoms with Crippen LogP contribution in [0.25, 0.3) is 0 Å². The maximum atomic E-state index is 9.00. The number of hydrogen-bond donors (Lipinski definition) is 2. The molecule has 2 aromatic carbocycles. The highest BCUT2D eigenvalue weighted by molar-refractivity contribution is 5.55. The number of rotatable bonds is 7. The maximum absolute atomic E-state index is 9.00. The summed E-state index contributed by atoms with van der Waals surface area (Å²) < 4.78 is 5.40. The summed E-state index contributed by atoms with van der Waals surface area (Å²) in [6.07, 6.45) is 0. The summed E-state index contributed by atoms with van der Waals surface area (Å²) in [5, 5.41) is 12.5. The van der Waals surface area contributed by atoms with E-state index in [1.807, 2.05) is 11.9 Å². The Morgan fingerprint density at radius 3 is 2.36 bits per heavy atom. The van der Waals surface area contributed by atoms with Crippen LogP contribution < -0.4 is 15.1 Å². The zero-order valence-corrected chi connectivity index (χ0v) is 14.8. The summed E-state index contributed by atoms with van der Waals surface area (Å²) >= 11 is 0. The number of nitrogens with zero attached hydrogens (tertiary/aromatic N) is 2. The quantitative estimate of drug-likeness (QED) is 0.811. The van der Waals surface area contributed by atoms with Gasteiger partial charge in [0, 0.05) is 50.3 Å². The van der Waals surface area contributed by atoms with Crippen molar-refractivity contribution in [2.45, 2.75) is 6.54 Å². The van der Waals surface area contributed by atoms with Crippen molar-refractivity contribution in [3.05, 3.63) is 54.1 Å². The number of anilines is 3. The Bertz CT molecular complexity index is 637. The minimum atomic E-state index is 0.164. The highest BCUT2D eigenvalue weighted by atomic mass is 16.5. The third-order valence-corrected chi connectivity index (χ3v) is 4.55. The van der Waals surface area contributed by atoms with Crippen LogP contribution in [0.1, 0.15) is 5.56 Å². The highest BCUT2D eigenvalue weighted by Crippen LogP contribution is 2.19. The fourth-order valence-electron chi connectivity index (χ4n) is 2.96. The van der Waals surface area contributed by atoms with Gasteiger partial charge in [0.05, 0.1) is 19.8 Å². The highest BCUT2D eigenvalue weighted by Gasteiger charge is 2.10. The molecule has 0 bridgehead atoms. The lowest BCUT2D eigenvalue weighted by atomic mass is 10.1. The third kappa shape index (κ3) is 4.87. The number of nitrogens with one attached hydrogen (secondary N) is 1. The fourth-order valence-corrected chi connectivity index (χ4v) is 2.96. The first-order chi connectivity index (χ1) is 12.3. The van der Waals surface area contributed by atoms with Gasteiger partial charge in [0.25, 0.3) is 0 Å². The predicted octanol–water partition coefficient (Wildman–Crippen LogP) is 2.56. The number of benzene rings is 2. The molecule has 0 aromatic heterocycles. The molecule has 0 spiro atoms. The van der Waals surface area contributed by atoms with E-state index >= 15 is 0 Å². The molecule has 2 aromatic rings. The van der Waals surface area contributed by atoms with Crippen LogP contribution in [0.3, 0.4) is 0 Å². The zero-order chi connectivity index (χ0) is 17.5. The van der Waals surface area contributed by atoms with E-state index in [0.29, 0.717) is 6.54 Å². The van der Waals surface area contributed by atoms with Crippen molar-refractivity contribution in [1.82, 2.24) is 0 Å². The van der Waals surface area contributed by atoms with Gasteiger partial charge in [-0.1, -0.05) is 12.1 Å². The van der Waals surface area contributed by atoms with E-state index in [1.165, 1.54) is 11.3 Å². The van der Waals surface area contributed by atoms with Gasteiger partial charge >= 0.3 is 0 Å². The van der Waals surface area contributed by atoms with Crippen LogP contribution in [-0.2, 0) is 11.3 Å². The zero-order valence-electron chi connectivity index (χ0n) is 14.8. The smallest absolute Gasteiger partial charge is 0.0642 e. The molecular weight excluding hydrogens is 314 g/mol. The Balaban J connectivity index is 1.52. The fraction of sp³-hybridized carbons (Fsp3) is 0.400. The van der Waals surface area contributed by atoms with Crippen molar-refractivity contribution >= 4 is 17.1 Å². The van der Waals surface area contributed by atoms with Crippen molar-refractivity contribution in [2.75, 3.05) is 61.6 Å². The third-order valence-electron chi connectivity index (χ3n) is 4.55. The lowest BCUT2D eigenvalue weighted by Crippen LogP contribution is -2.36. The Kier molecular flexibility index (Phi) is 6.14. The molecule has 25 heavy (non-hydrogen) atoms. The van der Waals surface area contributed by atoms with E-state index in [2.05, 4.69) is 58.7 Å². The SMILES string of the molecule is CN(CCO)c1ccc(NCc2ccc(N3CCOCC3)cc2)cc1. The Hall–Kier alpha value is -2.24. The van der Waals surface area contributed by atoms with E-state index in [1.54, 1.807) is 0 Å². The van der Waals surface area contributed by atoms with E-state index in [4.69, 9.17) is 9.84 Å². The normalized spacial score (nSPS) is 14.4. The maximum Gasteiger partial charge on any atom is 0.0642 e. The molecule has 2 N–H and O–H groups in total. The second-order valence-corrected chi connectivity index (χ2v) is 6.31. The van der Waals surface area contributed by atoms with Gasteiger partial charge in [0.2, 0.25) is 0 Å². The van der Waals surface area contributed by atoms with Crippen LogP contribution in [0.4, 0.5) is 17.1 Å². The Labute approximate surface area is 149 Å². The van der Waals surface area contributed by atoms with Crippen LogP contribution >= 0.6 is 0 Å². The molecule has 1 aliphatic rings. The predicted molar refractivity (Wildman–Crippen MR) is 104 cm³/mol. The van der Waals surface area contributed by atoms with Crippen LogP contribution in [0, 0.1) is 0 Å². The summed E-state index contributed by atoms with van der Waals surface area (Å²) in [5.41, 5.74) is 4.73. The van der Waals surface area contributed by atoms with Gasteiger partial charge in [-0.15, -0.1) is 0 Å². The molecule has 0 aliphatic carbocycles. The van der Waals surface area contributed by atoms with E-state index in [9.17, 15) is 0 Å². The molecular formula is C20H27N3O2. The molecule has 3 rings (SSSR count). The lowest BCUT2D eigenvalue weighted by molar-refractivity contribution is 0.122. The lowest BCUT2D eigenvalue weighted by Gasteiger charge is -2.28. The van der Waals surface area contributed by atoms with Crippen LogP contribution in [0.15, 0.2) is 48.5 Å². The molecule has 0 unspecified atom stereocenters. The Morgan fingerprint density at radius 1 is 1.04 bits per heavy atom. The average molecular weight is 341 g/mol. The Morgan fingerprint density at radius 2 is 1.72 bits per heavy atom. The number of aliphatic hydroxyl groups is 1. The average Bonchev–Trinajstić information content (AvgIpc) is 2.68. The molecule has 5 nitrogen and oxygen atoms in total. The first-order valence-electron chi connectivity index (χ1n) is 8.84. The first-order valence-corrected chi connectivity index (χ1v) is 8.84. The minimum Gasteiger partial charge on any atom is -0.395 e. The van der Waals surface area contributed by atoms with Gasteiger partial charge in [0.1, 0.15) is 0 Å². The van der Waals surface area contributed by atoms with E-state index < -0.39 is 0 Å². The van der Waals surface area contributed by atoms with Crippen LogP contribution in [0.5, 0.6) is 0 Å². The number of likely N-dealkylation sites (N-methyl/N-ethyl adjacent to an activating group) is 1. The topological polar surface area (TPSA) is 48.0 Å². The van der Waals surface area contributed by atoms with Crippen molar-refractivity contribution in [3.63, 3.8) is 0 Å². The summed E-state index contributed by atoms with van der Waals surface area (Å²) in [5.74, 6) is 0. The number of aliphatic hydroxyl groups excluding tert-OH is 1. The number of ether oxygens (including phenoxy) is 1. The van der Waals surface area contributed by atoms with Gasteiger partial charge in [-0.2, -0.15) is 0 Å². The van der Waals surface area contributed by atoms with Gasteiger partial charge < -0.3 is 25.0 Å². The van der Waals surface area contributed by atoms with Gasteiger partial charge in [-0.3, -0.25) is 0 Å². The van der Waals surface area contributed by atoms with Crippen LogP contribution in [0.2, 0.25) is 0 Å². The van der Waals surface area contributed by atoms with E-state index in [0.717, 1.165) is 44.2 Å². The van der Waals surface area contributed by atoms with Crippen molar-refractivity contribution in [1.29, 1.82) is 0 Å². The molecule has 1 heterocycles. The number of hydrogen-bond acceptors (Lipinski definition) is 5. The molecule has 1 aliphatic heterocycles. The summed E-state index contributed by atoms with van der Waals surface area (Å²) in [4.78, 5) is 4.40. The minimum absolute atomic E-state index is 0.164.